The molecular weight excluding hydrogens is 238 g/mol. The Morgan fingerprint density at radius 1 is 1.71 bits per heavy atom. The second-order valence-corrected chi connectivity index (χ2v) is 5.97. The van der Waals surface area contributed by atoms with Crippen LogP contribution in [0.4, 0.5) is 0 Å². The third-order valence-corrected chi connectivity index (χ3v) is 4.13. The molecule has 6 heteroatoms. The zero-order valence-corrected chi connectivity index (χ0v) is 11.2. The van der Waals surface area contributed by atoms with Gasteiger partial charge in [0.05, 0.1) is 5.75 Å². The fraction of sp³-hybridized carbons (Fsp3) is 0.636. The number of thioether (sulfide) groups is 1. The highest BCUT2D eigenvalue weighted by Crippen LogP contribution is 2.30. The number of carboxylic acids is 1. The van der Waals surface area contributed by atoms with E-state index < -0.39 is 16.8 Å². The Kier molecular flexibility index (Phi) is 4.59. The molecule has 0 bridgehead atoms. The van der Waals surface area contributed by atoms with E-state index in [0.717, 1.165) is 12.4 Å². The van der Waals surface area contributed by atoms with Gasteiger partial charge in [0, 0.05) is 23.7 Å². The predicted octanol–water partition coefficient (Wildman–Crippen LogP) is 1.33. The van der Waals surface area contributed by atoms with Crippen molar-refractivity contribution >= 4 is 17.7 Å². The van der Waals surface area contributed by atoms with Crippen molar-refractivity contribution in [1.82, 2.24) is 9.55 Å². The minimum Gasteiger partial charge on any atom is -0.480 e. The largest absolute Gasteiger partial charge is 0.480 e. The van der Waals surface area contributed by atoms with Crippen molar-refractivity contribution < 1.29 is 9.90 Å². The summed E-state index contributed by atoms with van der Waals surface area (Å²) in [7, 11) is 0. The van der Waals surface area contributed by atoms with Crippen LogP contribution in [-0.2, 0) is 17.1 Å². The molecule has 1 heterocycles. The van der Waals surface area contributed by atoms with Gasteiger partial charge in [-0.05, 0) is 20.8 Å². The predicted molar refractivity (Wildman–Crippen MR) is 68.9 cm³/mol. The van der Waals surface area contributed by atoms with E-state index >= 15 is 0 Å². The molecule has 17 heavy (non-hydrogen) atoms. The van der Waals surface area contributed by atoms with Gasteiger partial charge >= 0.3 is 5.97 Å². The summed E-state index contributed by atoms with van der Waals surface area (Å²) in [6.45, 7) is 6.59. The first-order valence-electron chi connectivity index (χ1n) is 5.51. The van der Waals surface area contributed by atoms with Crippen LogP contribution in [0.5, 0.6) is 0 Å². The number of carbonyl (C=O) groups is 1. The van der Waals surface area contributed by atoms with Crippen LogP contribution in [0.1, 0.15) is 26.6 Å². The molecule has 5 nitrogen and oxygen atoms in total. The van der Waals surface area contributed by atoms with Crippen molar-refractivity contribution in [2.24, 2.45) is 5.73 Å². The van der Waals surface area contributed by atoms with Gasteiger partial charge in [0.15, 0.2) is 0 Å². The zero-order chi connectivity index (χ0) is 13.1. The van der Waals surface area contributed by atoms with Crippen LogP contribution in [-0.4, -0.2) is 31.4 Å². The van der Waals surface area contributed by atoms with E-state index in [9.17, 15) is 4.79 Å². The summed E-state index contributed by atoms with van der Waals surface area (Å²) in [5.41, 5.74) is 5.66. The van der Waals surface area contributed by atoms with E-state index in [-0.39, 0.29) is 0 Å². The van der Waals surface area contributed by atoms with Crippen LogP contribution in [0.3, 0.4) is 0 Å². The molecule has 0 aliphatic rings. The van der Waals surface area contributed by atoms with Crippen molar-refractivity contribution in [3.8, 4) is 0 Å². The number of carboxylic acid groups (broad SMARTS) is 1. The first-order valence-corrected chi connectivity index (χ1v) is 6.49. The molecule has 1 aromatic rings. The summed E-state index contributed by atoms with van der Waals surface area (Å²) in [6.07, 6.45) is 3.67. The fourth-order valence-electron chi connectivity index (χ4n) is 1.41. The van der Waals surface area contributed by atoms with Crippen molar-refractivity contribution in [2.45, 2.75) is 43.9 Å². The Balaban J connectivity index is 2.64. The number of nitrogens with two attached hydrogens (primary N) is 1. The summed E-state index contributed by atoms with van der Waals surface area (Å²) in [4.78, 5) is 15.1. The number of rotatable bonds is 6. The van der Waals surface area contributed by atoms with E-state index in [1.165, 1.54) is 11.8 Å². The lowest BCUT2D eigenvalue weighted by Gasteiger charge is -2.27. The van der Waals surface area contributed by atoms with Crippen molar-refractivity contribution in [1.29, 1.82) is 0 Å². The molecule has 0 saturated carbocycles. The lowest BCUT2D eigenvalue weighted by molar-refractivity contribution is -0.139. The normalized spacial score (nSPS) is 13.6. The van der Waals surface area contributed by atoms with Gasteiger partial charge in [-0.15, -0.1) is 11.8 Å². The lowest BCUT2D eigenvalue weighted by atomic mass is 10.1. The highest BCUT2D eigenvalue weighted by molar-refractivity contribution is 7.99. The van der Waals surface area contributed by atoms with Crippen molar-refractivity contribution in [3.05, 3.63) is 18.2 Å². The van der Waals surface area contributed by atoms with Crippen molar-refractivity contribution in [3.63, 3.8) is 0 Å². The third kappa shape index (κ3) is 3.47. The lowest BCUT2D eigenvalue weighted by Crippen LogP contribution is -2.46. The molecule has 0 spiro atoms. The SMILES string of the molecule is CCn1ccnc1CSC(C)(C)[C@@H](N)C(=O)O. The number of aryl methyl sites for hydroxylation is 1. The molecule has 0 radical (unpaired) electrons. The Morgan fingerprint density at radius 2 is 2.35 bits per heavy atom. The summed E-state index contributed by atoms with van der Waals surface area (Å²) in [5, 5.41) is 8.92. The highest BCUT2D eigenvalue weighted by atomic mass is 32.2. The molecule has 0 fully saturated rings. The van der Waals surface area contributed by atoms with E-state index in [2.05, 4.69) is 4.98 Å². The van der Waals surface area contributed by atoms with Gasteiger partial charge in [-0.1, -0.05) is 0 Å². The van der Waals surface area contributed by atoms with Gasteiger partial charge in [0.25, 0.3) is 0 Å². The molecular formula is C11H19N3O2S. The maximum absolute atomic E-state index is 10.9. The van der Waals surface area contributed by atoms with Crippen LogP contribution < -0.4 is 5.73 Å². The first-order chi connectivity index (χ1) is 7.88. The van der Waals surface area contributed by atoms with Crippen LogP contribution in [0.2, 0.25) is 0 Å². The van der Waals surface area contributed by atoms with Gasteiger partial charge < -0.3 is 15.4 Å². The van der Waals surface area contributed by atoms with E-state index in [1.54, 1.807) is 6.20 Å². The summed E-state index contributed by atoms with van der Waals surface area (Å²) >= 11 is 1.51. The van der Waals surface area contributed by atoms with Crippen LogP contribution in [0.15, 0.2) is 12.4 Å². The minimum atomic E-state index is -0.971. The molecule has 1 atom stereocenters. The van der Waals surface area contributed by atoms with Gasteiger partial charge in [-0.25, -0.2) is 4.98 Å². The Labute approximate surface area is 105 Å². The highest BCUT2D eigenvalue weighted by Gasteiger charge is 2.32. The molecule has 0 aromatic carbocycles. The molecule has 3 N–H and O–H groups in total. The standard InChI is InChI=1S/C11H19N3O2S/c1-4-14-6-5-13-8(14)7-17-11(2,3)9(12)10(15)16/h5-6,9H,4,7,12H2,1-3H3,(H,15,16)/t9-/m0/s1. The molecule has 0 aliphatic heterocycles. The monoisotopic (exact) mass is 257 g/mol. The minimum absolute atomic E-state index is 0.518. The van der Waals surface area contributed by atoms with Crippen LogP contribution in [0, 0.1) is 0 Å². The van der Waals surface area contributed by atoms with E-state index in [0.29, 0.717) is 5.75 Å². The molecule has 1 rings (SSSR count). The van der Waals surface area contributed by atoms with Gasteiger partial charge in [0.1, 0.15) is 11.9 Å². The van der Waals surface area contributed by atoms with Gasteiger partial charge in [0.2, 0.25) is 0 Å². The Hall–Kier alpha value is -1.01. The summed E-state index contributed by atoms with van der Waals surface area (Å²) in [5.74, 6) is 0.638. The van der Waals surface area contributed by atoms with Gasteiger partial charge in [-0.2, -0.15) is 0 Å². The Morgan fingerprint density at radius 3 is 2.88 bits per heavy atom. The van der Waals surface area contributed by atoms with Crippen LogP contribution >= 0.6 is 11.8 Å². The zero-order valence-electron chi connectivity index (χ0n) is 10.4. The summed E-state index contributed by atoms with van der Waals surface area (Å²) in [6, 6.07) is -0.877. The van der Waals surface area contributed by atoms with Crippen molar-refractivity contribution in [2.75, 3.05) is 0 Å². The van der Waals surface area contributed by atoms with Crippen LogP contribution in [0.25, 0.3) is 0 Å². The number of aromatic nitrogens is 2. The van der Waals surface area contributed by atoms with E-state index in [1.807, 2.05) is 31.5 Å². The number of hydrogen-bond acceptors (Lipinski definition) is 4. The van der Waals surface area contributed by atoms with Gasteiger partial charge in [-0.3, -0.25) is 4.79 Å². The number of imidazole rings is 1. The molecule has 0 unspecified atom stereocenters. The number of nitrogens with zero attached hydrogens (tertiary/aromatic N) is 2. The average molecular weight is 257 g/mol. The summed E-state index contributed by atoms with van der Waals surface area (Å²) < 4.78 is 1.52. The number of aliphatic carboxylic acids is 1. The molecule has 0 amide bonds. The molecule has 96 valence electrons. The quantitative estimate of drug-likeness (QED) is 0.803. The second kappa shape index (κ2) is 5.55. The third-order valence-electron chi connectivity index (χ3n) is 2.73. The first kappa shape index (κ1) is 14.1. The molecule has 0 aliphatic carbocycles. The smallest absolute Gasteiger partial charge is 0.321 e. The average Bonchev–Trinajstić information content (AvgIpc) is 2.72. The Bertz CT molecular complexity index is 390. The topological polar surface area (TPSA) is 81.1 Å². The fourth-order valence-corrected chi connectivity index (χ4v) is 2.43. The maximum Gasteiger partial charge on any atom is 0.321 e. The maximum atomic E-state index is 10.9. The molecule has 0 saturated heterocycles. The second-order valence-electron chi connectivity index (χ2n) is 4.34. The number of hydrogen-bond donors (Lipinski definition) is 2. The van der Waals surface area contributed by atoms with E-state index in [4.69, 9.17) is 10.8 Å². The molecule has 1 aromatic heterocycles.